The topological polar surface area (TPSA) is 213 Å². The smallest absolute Gasteiger partial charge is 0.322 e. The first-order chi connectivity index (χ1) is 45.4. The Hall–Kier alpha value is -9.60. The average Bonchev–Trinajstić information content (AvgIpc) is 1.23. The number of nitrogens with one attached hydrogen (secondary N) is 2. The van der Waals surface area contributed by atoms with Crippen LogP contribution in [0.3, 0.4) is 0 Å². The number of aliphatic carboxylic acids is 1. The Morgan fingerprint density at radius 2 is 0.839 bits per heavy atom. The lowest BCUT2D eigenvalue weighted by Gasteiger charge is -2.40. The maximum Gasteiger partial charge on any atom is 0.322 e. The molecule has 478 valence electrons. The van der Waals surface area contributed by atoms with Crippen LogP contribution in [-0.2, 0) is 43.6 Å². The maximum absolute atomic E-state index is 15.0. The lowest BCUT2D eigenvalue weighted by molar-refractivity contribution is -0.168. The molecule has 0 bridgehead atoms. The van der Waals surface area contributed by atoms with E-state index in [9.17, 15) is 33.1 Å². The van der Waals surface area contributed by atoms with Crippen LogP contribution >= 0.6 is 0 Å². The molecule has 2 aromatic heterocycles. The fourth-order valence-corrected chi connectivity index (χ4v) is 12.6. The van der Waals surface area contributed by atoms with E-state index in [4.69, 9.17) is 13.8 Å². The van der Waals surface area contributed by atoms with Gasteiger partial charge >= 0.3 is 11.9 Å². The van der Waals surface area contributed by atoms with Gasteiger partial charge in [0.25, 0.3) is 23.6 Å². The molecule has 93 heavy (non-hydrogen) atoms. The monoisotopic (exact) mass is 1260 g/mol. The molecule has 0 unspecified atom stereocenters. The van der Waals surface area contributed by atoms with Gasteiger partial charge in [-0.3, -0.25) is 39.8 Å². The van der Waals surface area contributed by atoms with Crippen molar-refractivity contribution in [2.75, 3.05) is 52.4 Å². The molecule has 4 fully saturated rings. The Balaban J connectivity index is 0.000000181. The number of ether oxygens (including phenoxy) is 1. The summed E-state index contributed by atoms with van der Waals surface area (Å²) in [7, 11) is 0. The molecule has 0 spiro atoms. The fraction of sp³-hybridized carbons (Fsp3) is 0.315. The number of carbonyl (C=O) groups excluding carboxylic acids is 3. The van der Waals surface area contributed by atoms with Crippen molar-refractivity contribution in [3.63, 3.8) is 0 Å². The maximum atomic E-state index is 15.0. The number of aromatic nitrogens is 4. The number of amides is 2. The predicted molar refractivity (Wildman–Crippen MR) is 346 cm³/mol. The molecular formula is C73H74F2N10O8. The summed E-state index contributed by atoms with van der Waals surface area (Å²) in [6, 6.07) is 53.7. The third-order valence-electron chi connectivity index (χ3n) is 18.2. The quantitative estimate of drug-likeness (QED) is 0.0538. The van der Waals surface area contributed by atoms with Gasteiger partial charge in [0, 0.05) is 98.8 Å². The number of hydrogen-bond acceptors (Lipinski definition) is 15. The van der Waals surface area contributed by atoms with Gasteiger partial charge in [0.2, 0.25) is 11.6 Å². The van der Waals surface area contributed by atoms with Crippen molar-refractivity contribution < 1.29 is 46.8 Å². The van der Waals surface area contributed by atoms with Gasteiger partial charge in [-0.2, -0.15) is 9.97 Å². The molecule has 4 saturated heterocycles. The molecule has 0 aliphatic carbocycles. The predicted octanol–water partition coefficient (Wildman–Crippen LogP) is 12.4. The van der Waals surface area contributed by atoms with Crippen molar-refractivity contribution >= 4 is 23.8 Å². The van der Waals surface area contributed by atoms with Gasteiger partial charge in [-0.1, -0.05) is 175 Å². The molecule has 0 radical (unpaired) electrons. The average molecular weight is 1260 g/mol. The van der Waals surface area contributed by atoms with Crippen LogP contribution in [0.2, 0.25) is 0 Å². The van der Waals surface area contributed by atoms with Crippen LogP contribution in [0, 0.1) is 22.5 Å². The largest absolute Gasteiger partial charge is 0.480 e. The number of esters is 1. The number of halogens is 2. The zero-order chi connectivity index (χ0) is 64.2. The third kappa shape index (κ3) is 15.2. The van der Waals surface area contributed by atoms with Crippen LogP contribution in [0.1, 0.15) is 80.9 Å². The number of carbonyl (C=O) groups is 4. The van der Waals surface area contributed by atoms with E-state index in [1.54, 1.807) is 24.3 Å². The summed E-state index contributed by atoms with van der Waals surface area (Å²) in [5, 5.41) is 22.0. The van der Waals surface area contributed by atoms with Gasteiger partial charge in [0.1, 0.15) is 29.1 Å². The Kier molecular flexibility index (Phi) is 20.1. The van der Waals surface area contributed by atoms with Crippen LogP contribution in [-0.4, -0.2) is 121 Å². The van der Waals surface area contributed by atoms with Crippen LogP contribution in [0.4, 0.5) is 8.78 Å². The zero-order valence-electron chi connectivity index (χ0n) is 51.7. The summed E-state index contributed by atoms with van der Waals surface area (Å²) >= 11 is 0. The van der Waals surface area contributed by atoms with Gasteiger partial charge in [-0.05, 0) is 103 Å². The molecule has 0 saturated carbocycles. The summed E-state index contributed by atoms with van der Waals surface area (Å²) in [6.07, 6.45) is 7.60. The molecule has 0 atom stereocenters. The Morgan fingerprint density at radius 3 is 1.25 bits per heavy atom. The van der Waals surface area contributed by atoms with E-state index in [0.717, 1.165) is 104 Å². The summed E-state index contributed by atoms with van der Waals surface area (Å²) in [6.45, 7) is 6.68. The number of piperidine rings is 4. The van der Waals surface area contributed by atoms with Crippen LogP contribution < -0.4 is 10.9 Å². The number of hydrazine groups is 2. The second-order valence-electron chi connectivity index (χ2n) is 24.4. The lowest BCUT2D eigenvalue weighted by atomic mass is 9.77. The molecule has 4 aliphatic rings. The van der Waals surface area contributed by atoms with Gasteiger partial charge in [0.15, 0.2) is 0 Å². The number of carboxylic acids is 1. The Bertz CT molecular complexity index is 3990. The SMILES string of the molecule is O=C(NN1CCCCC1)C1(C(=O)OCc2ccccc2)CCN(Cc2ccc(-c3noc(-c4ccc(-c5ccccc5)c(F)c4)n3)cc2)CC1.O=C(O)C1(C(=O)NN2CCCCC2)CCN(Cc2ccc(-c3noc(-c4ccc(-c5ccccc5)c(F)c4)n3)cc2)CC1. The number of nitrogens with zero attached hydrogens (tertiary/aromatic N) is 8. The molecule has 7 aromatic carbocycles. The molecule has 18 nitrogen and oxygen atoms in total. The van der Waals surface area contributed by atoms with Crippen LogP contribution in [0.25, 0.3) is 67.9 Å². The minimum absolute atomic E-state index is 0.133. The zero-order valence-corrected chi connectivity index (χ0v) is 51.7. The number of rotatable bonds is 18. The third-order valence-corrected chi connectivity index (χ3v) is 18.2. The fourth-order valence-electron chi connectivity index (χ4n) is 12.6. The molecular weight excluding hydrogens is 1180 g/mol. The molecule has 4 aliphatic heterocycles. The molecule has 9 aromatic rings. The van der Waals surface area contributed by atoms with E-state index >= 15 is 0 Å². The number of likely N-dealkylation sites (tertiary alicyclic amines) is 2. The highest BCUT2D eigenvalue weighted by atomic mass is 19.1. The first kappa shape index (κ1) is 63.5. The summed E-state index contributed by atoms with van der Waals surface area (Å²) < 4.78 is 46.5. The van der Waals surface area contributed by atoms with Gasteiger partial charge in [0.05, 0.1) is 0 Å². The lowest BCUT2D eigenvalue weighted by Crippen LogP contribution is -2.57. The van der Waals surface area contributed by atoms with Gasteiger partial charge in [-0.15, -0.1) is 0 Å². The van der Waals surface area contributed by atoms with Gasteiger partial charge in [-0.25, -0.2) is 18.8 Å². The summed E-state index contributed by atoms with van der Waals surface area (Å²) in [5.41, 5.74) is 11.4. The normalized spacial score (nSPS) is 16.9. The highest BCUT2D eigenvalue weighted by Crippen LogP contribution is 2.37. The van der Waals surface area contributed by atoms with E-state index in [-0.39, 0.29) is 48.8 Å². The van der Waals surface area contributed by atoms with Crippen molar-refractivity contribution in [3.05, 3.63) is 204 Å². The number of benzene rings is 7. The van der Waals surface area contributed by atoms with Crippen LogP contribution in [0.5, 0.6) is 0 Å². The summed E-state index contributed by atoms with van der Waals surface area (Å²) in [5.74, 6) is -1.63. The first-order valence-electron chi connectivity index (χ1n) is 32.0. The highest BCUT2D eigenvalue weighted by molar-refractivity contribution is 6.03. The van der Waals surface area contributed by atoms with Crippen molar-refractivity contribution in [1.82, 2.24) is 51.0 Å². The molecule has 3 N–H and O–H groups in total. The van der Waals surface area contributed by atoms with E-state index < -0.39 is 28.7 Å². The van der Waals surface area contributed by atoms with Gasteiger partial charge < -0.3 is 18.9 Å². The molecule has 20 heteroatoms. The number of carboxylic acid groups (broad SMARTS) is 1. The van der Waals surface area contributed by atoms with E-state index in [1.807, 2.05) is 150 Å². The molecule has 13 rings (SSSR count). The van der Waals surface area contributed by atoms with E-state index in [0.29, 0.717) is 86.0 Å². The Labute approximate surface area is 538 Å². The van der Waals surface area contributed by atoms with E-state index in [2.05, 4.69) is 40.9 Å². The van der Waals surface area contributed by atoms with Crippen molar-refractivity contribution in [2.24, 2.45) is 10.8 Å². The van der Waals surface area contributed by atoms with Crippen molar-refractivity contribution in [1.29, 1.82) is 0 Å². The van der Waals surface area contributed by atoms with Crippen molar-refractivity contribution in [3.8, 4) is 67.9 Å². The number of hydrogen-bond donors (Lipinski definition) is 3. The molecule has 2 amide bonds. The second kappa shape index (κ2) is 29.3. The van der Waals surface area contributed by atoms with Crippen molar-refractivity contribution in [2.45, 2.75) is 83.9 Å². The second-order valence-corrected chi connectivity index (χ2v) is 24.4. The van der Waals surface area contributed by atoms with E-state index in [1.165, 1.54) is 12.1 Å². The highest BCUT2D eigenvalue weighted by Gasteiger charge is 2.51. The molecule has 6 heterocycles. The standard InChI is InChI=1S/C40H40FN5O4.C33H34FN5O4/c41-35-26-33(18-19-34(35)31-12-6-2-7-13-31)37-42-36(44-50-37)32-16-14-29(15-17-32)27-45-24-20-40(21-25-45,38(47)43-46-22-8-3-9-23-46)39(48)49-28-30-10-4-1-5-11-30;34-28-21-26(13-14-27(28)24-7-3-1-4-8-24)30-35-29(37-43-30)25-11-9-23(10-12-25)22-38-19-15-33(16-20-38,32(41)42)31(40)36-39-17-5-2-6-18-39/h1-2,4-7,10-19,26H,3,8-9,20-25,27-28H2,(H,43,47);1,3-4,7-14,21H,2,5-6,15-20,22H2,(H,36,40)(H,41,42). The Morgan fingerprint density at radius 1 is 0.452 bits per heavy atom. The summed E-state index contributed by atoms with van der Waals surface area (Å²) in [4.78, 5) is 66.1. The minimum atomic E-state index is -1.40. The first-order valence-corrected chi connectivity index (χ1v) is 32.0. The minimum Gasteiger partial charge on any atom is -0.480 e. The van der Waals surface area contributed by atoms with Crippen LogP contribution in [0.15, 0.2) is 185 Å².